The van der Waals surface area contributed by atoms with Gasteiger partial charge in [0.2, 0.25) is 0 Å². The average molecular weight is 298 g/mol. The third kappa shape index (κ3) is 2.47. The summed E-state index contributed by atoms with van der Waals surface area (Å²) in [6.45, 7) is -0.0398. The molecule has 0 unspecified atom stereocenters. The Balaban J connectivity index is 2.50. The van der Waals surface area contributed by atoms with Crippen LogP contribution < -0.4 is 10.7 Å². The van der Waals surface area contributed by atoms with Crippen molar-refractivity contribution < 1.29 is 14.3 Å². The molecule has 5 nitrogen and oxygen atoms in total. The molecule has 1 aromatic heterocycles. The van der Waals surface area contributed by atoms with Crippen molar-refractivity contribution in [3.05, 3.63) is 44.7 Å². The molecule has 0 atom stereocenters. The van der Waals surface area contributed by atoms with Gasteiger partial charge in [0.25, 0.3) is 0 Å². The lowest BCUT2D eigenvalue weighted by atomic mass is 10.2. The summed E-state index contributed by atoms with van der Waals surface area (Å²) in [7, 11) is 0. The number of hydrogen-bond donors (Lipinski definition) is 2. The molecule has 0 aliphatic rings. The molecule has 0 spiro atoms. The number of benzene rings is 1. The minimum Gasteiger partial charge on any atom is -0.465 e. The number of nitrogens with one attached hydrogen (secondary N) is 1. The van der Waals surface area contributed by atoms with Crippen LogP contribution in [0.3, 0.4) is 0 Å². The van der Waals surface area contributed by atoms with Crippen LogP contribution in [0.1, 0.15) is 5.76 Å². The average Bonchev–Trinajstić information content (AvgIpc) is 2.28. The molecule has 0 saturated heterocycles. The third-order valence-corrected chi connectivity index (χ3v) is 2.80. The van der Waals surface area contributed by atoms with Crippen molar-refractivity contribution in [1.82, 2.24) is 5.32 Å². The van der Waals surface area contributed by atoms with Gasteiger partial charge in [0.05, 0.1) is 16.4 Å². The molecule has 0 aliphatic carbocycles. The van der Waals surface area contributed by atoms with Crippen molar-refractivity contribution in [3.63, 3.8) is 0 Å². The van der Waals surface area contributed by atoms with Crippen molar-refractivity contribution in [1.29, 1.82) is 0 Å². The van der Waals surface area contributed by atoms with Gasteiger partial charge >= 0.3 is 6.09 Å². The fraction of sp³-hybridized carbons (Fsp3) is 0.0909. The summed E-state index contributed by atoms with van der Waals surface area (Å²) < 4.78 is 6.11. The molecule has 1 aromatic carbocycles. The van der Waals surface area contributed by atoms with Gasteiger partial charge in [-0.1, -0.05) is 6.07 Å². The highest BCUT2D eigenvalue weighted by molar-refractivity contribution is 9.10. The van der Waals surface area contributed by atoms with Crippen LogP contribution in [0.25, 0.3) is 11.0 Å². The zero-order valence-corrected chi connectivity index (χ0v) is 10.2. The Morgan fingerprint density at radius 2 is 2.24 bits per heavy atom. The van der Waals surface area contributed by atoms with Crippen LogP contribution >= 0.6 is 15.9 Å². The maximum atomic E-state index is 11.7. The van der Waals surface area contributed by atoms with Crippen LogP contribution in [-0.4, -0.2) is 11.2 Å². The molecule has 0 aliphatic heterocycles. The molecule has 0 fully saturated rings. The van der Waals surface area contributed by atoms with E-state index in [-0.39, 0.29) is 17.7 Å². The maximum Gasteiger partial charge on any atom is 0.405 e. The lowest BCUT2D eigenvalue weighted by Gasteiger charge is -2.04. The summed E-state index contributed by atoms with van der Waals surface area (Å²) in [5.74, 6) is 0.275. The first-order valence-corrected chi connectivity index (χ1v) is 5.55. The Morgan fingerprint density at radius 3 is 2.94 bits per heavy atom. The van der Waals surface area contributed by atoms with Gasteiger partial charge in [-0.15, -0.1) is 0 Å². The van der Waals surface area contributed by atoms with Crippen molar-refractivity contribution in [2.75, 3.05) is 0 Å². The number of para-hydroxylation sites is 1. The first-order valence-electron chi connectivity index (χ1n) is 4.76. The molecule has 1 heterocycles. The highest BCUT2D eigenvalue weighted by Crippen LogP contribution is 2.22. The van der Waals surface area contributed by atoms with E-state index >= 15 is 0 Å². The van der Waals surface area contributed by atoms with E-state index in [1.807, 2.05) is 0 Å². The van der Waals surface area contributed by atoms with E-state index in [9.17, 15) is 9.59 Å². The number of carboxylic acid groups (broad SMARTS) is 1. The maximum absolute atomic E-state index is 11.7. The summed E-state index contributed by atoms with van der Waals surface area (Å²) in [6.07, 6.45) is -1.17. The van der Waals surface area contributed by atoms with E-state index in [2.05, 4.69) is 21.2 Å². The van der Waals surface area contributed by atoms with Crippen molar-refractivity contribution in [3.8, 4) is 0 Å². The smallest absolute Gasteiger partial charge is 0.405 e. The summed E-state index contributed by atoms with van der Waals surface area (Å²) in [6, 6.07) is 6.42. The standard InChI is InChI=1S/C11H8BrNO4/c12-8-3-1-2-7-9(14)4-6(17-10(7)8)5-13-11(15)16/h1-4,13H,5H2,(H,15,16). The summed E-state index contributed by atoms with van der Waals surface area (Å²) in [5, 5.41) is 11.1. The Morgan fingerprint density at radius 1 is 1.47 bits per heavy atom. The molecule has 0 bridgehead atoms. The first kappa shape index (κ1) is 11.7. The molecule has 1 amide bonds. The topological polar surface area (TPSA) is 79.5 Å². The van der Waals surface area contributed by atoms with Gasteiger partial charge in [-0.25, -0.2) is 4.79 Å². The van der Waals surface area contributed by atoms with Crippen LogP contribution in [0.5, 0.6) is 0 Å². The van der Waals surface area contributed by atoms with Gasteiger partial charge in [-0.3, -0.25) is 4.79 Å². The Bertz CT molecular complexity index is 635. The molecule has 88 valence electrons. The predicted octanol–water partition coefficient (Wildman–Crippen LogP) is 2.32. The van der Waals surface area contributed by atoms with Gasteiger partial charge in [-0.05, 0) is 28.1 Å². The van der Waals surface area contributed by atoms with Crippen molar-refractivity contribution in [2.24, 2.45) is 0 Å². The Hall–Kier alpha value is -1.82. The first-order chi connectivity index (χ1) is 8.08. The van der Waals surface area contributed by atoms with E-state index in [0.29, 0.717) is 15.4 Å². The monoisotopic (exact) mass is 297 g/mol. The van der Waals surface area contributed by atoms with Crippen LogP contribution in [0.2, 0.25) is 0 Å². The van der Waals surface area contributed by atoms with Crippen molar-refractivity contribution in [2.45, 2.75) is 6.54 Å². The SMILES string of the molecule is O=C(O)NCc1cc(=O)c2cccc(Br)c2o1. The zero-order chi connectivity index (χ0) is 12.4. The zero-order valence-electron chi connectivity index (χ0n) is 8.57. The van der Waals surface area contributed by atoms with Crippen LogP contribution in [-0.2, 0) is 6.54 Å². The van der Waals surface area contributed by atoms with E-state index < -0.39 is 6.09 Å². The fourth-order valence-electron chi connectivity index (χ4n) is 1.44. The highest BCUT2D eigenvalue weighted by atomic mass is 79.9. The van der Waals surface area contributed by atoms with Gasteiger partial charge < -0.3 is 14.8 Å². The number of amides is 1. The molecule has 0 radical (unpaired) electrons. The lowest BCUT2D eigenvalue weighted by molar-refractivity contribution is 0.193. The molecule has 2 N–H and O–H groups in total. The van der Waals surface area contributed by atoms with Gasteiger partial charge in [-0.2, -0.15) is 0 Å². The number of rotatable bonds is 2. The number of halogens is 1. The second-order valence-electron chi connectivity index (χ2n) is 3.35. The normalized spacial score (nSPS) is 10.4. The molecular weight excluding hydrogens is 290 g/mol. The minimum absolute atomic E-state index is 0.0398. The van der Waals surface area contributed by atoms with Gasteiger partial charge in [0.1, 0.15) is 5.76 Å². The predicted molar refractivity (Wildman–Crippen MR) is 65.0 cm³/mol. The van der Waals surface area contributed by atoms with Crippen LogP contribution in [0.15, 0.2) is 37.9 Å². The third-order valence-electron chi connectivity index (χ3n) is 2.17. The lowest BCUT2D eigenvalue weighted by Crippen LogP contribution is -2.20. The van der Waals surface area contributed by atoms with E-state index in [1.54, 1.807) is 18.2 Å². The largest absolute Gasteiger partial charge is 0.465 e. The molecular formula is C11H8BrNO4. The van der Waals surface area contributed by atoms with E-state index in [4.69, 9.17) is 9.52 Å². The minimum atomic E-state index is -1.17. The molecule has 2 aromatic rings. The highest BCUT2D eigenvalue weighted by Gasteiger charge is 2.07. The van der Waals surface area contributed by atoms with Crippen LogP contribution in [0.4, 0.5) is 4.79 Å². The summed E-state index contributed by atoms with van der Waals surface area (Å²) in [4.78, 5) is 22.1. The molecule has 2 rings (SSSR count). The fourth-order valence-corrected chi connectivity index (χ4v) is 1.89. The second kappa shape index (κ2) is 4.58. The quantitative estimate of drug-likeness (QED) is 0.891. The van der Waals surface area contributed by atoms with E-state index in [1.165, 1.54) is 6.07 Å². The second-order valence-corrected chi connectivity index (χ2v) is 4.21. The Kier molecular flexibility index (Phi) is 3.14. The number of fused-ring (bicyclic) bond motifs is 1. The van der Waals surface area contributed by atoms with Gasteiger partial charge in [0, 0.05) is 6.07 Å². The van der Waals surface area contributed by atoms with Crippen LogP contribution in [0, 0.1) is 0 Å². The Labute approximate surface area is 104 Å². The summed E-state index contributed by atoms with van der Waals surface area (Å²) in [5.41, 5.74) is 0.219. The van der Waals surface area contributed by atoms with Gasteiger partial charge in [0.15, 0.2) is 11.0 Å². The molecule has 0 saturated carbocycles. The molecule has 6 heteroatoms. The summed E-state index contributed by atoms with van der Waals surface area (Å²) >= 11 is 3.28. The number of carbonyl (C=O) groups is 1. The molecule has 17 heavy (non-hydrogen) atoms. The van der Waals surface area contributed by atoms with Crippen molar-refractivity contribution >= 4 is 33.0 Å². The number of hydrogen-bond acceptors (Lipinski definition) is 3. The van der Waals surface area contributed by atoms with E-state index in [0.717, 1.165) is 0 Å².